The molecule has 2 fully saturated rings. The first-order valence-electron chi connectivity index (χ1n) is 15.6. The van der Waals surface area contributed by atoms with E-state index in [2.05, 4.69) is 38.2 Å². The van der Waals surface area contributed by atoms with Gasteiger partial charge in [-0.15, -0.1) is 0 Å². The normalized spacial score (nSPS) is 22.9. The number of likely N-dealkylation sites (tertiary alicyclic amines) is 1. The summed E-state index contributed by atoms with van der Waals surface area (Å²) in [6, 6.07) is 14.8. The third kappa shape index (κ3) is 6.66. The molecule has 2 aromatic carbocycles. The molecule has 2 unspecified atom stereocenters. The van der Waals surface area contributed by atoms with Crippen LogP contribution in [0.15, 0.2) is 53.5 Å². The highest BCUT2D eigenvalue weighted by atomic mass is 35.5. The second-order valence-corrected chi connectivity index (χ2v) is 13.0. The third-order valence-electron chi connectivity index (χ3n) is 9.98. The highest BCUT2D eigenvalue weighted by molar-refractivity contribution is 6.30. The van der Waals surface area contributed by atoms with Gasteiger partial charge in [-0.25, -0.2) is 5.43 Å². The SMILES string of the molecule is O=C(NC(Cc1ccc(Cl)cc1)C(=O)N1CCC(CN2C=NCN2)(C2CCCCC2)CC1)C1Cc2ccccc2CN1. The number of rotatable bonds is 8. The Morgan fingerprint density at radius 2 is 1.76 bits per heavy atom. The van der Waals surface area contributed by atoms with Gasteiger partial charge in [0.1, 0.15) is 19.0 Å². The number of hydrogen-bond acceptors (Lipinski definition) is 6. The lowest BCUT2D eigenvalue weighted by molar-refractivity contribution is -0.140. The van der Waals surface area contributed by atoms with Crippen LogP contribution in [-0.2, 0) is 29.0 Å². The molecule has 0 bridgehead atoms. The van der Waals surface area contributed by atoms with Crippen molar-refractivity contribution < 1.29 is 9.59 Å². The van der Waals surface area contributed by atoms with Crippen LogP contribution in [0.4, 0.5) is 0 Å². The molecule has 3 N–H and O–H groups in total. The fraction of sp³-hybridized carbons (Fsp3) is 0.545. The van der Waals surface area contributed by atoms with Crippen LogP contribution in [-0.4, -0.2) is 66.4 Å². The maximum Gasteiger partial charge on any atom is 0.245 e. The number of hydrogen-bond donors (Lipinski definition) is 3. The minimum Gasteiger partial charge on any atom is -0.343 e. The van der Waals surface area contributed by atoms with Crippen molar-refractivity contribution in [2.24, 2.45) is 16.3 Å². The first-order chi connectivity index (χ1) is 20.5. The van der Waals surface area contributed by atoms with Crippen molar-refractivity contribution in [3.63, 3.8) is 0 Å². The van der Waals surface area contributed by atoms with Gasteiger partial charge in [0.05, 0.1) is 6.04 Å². The molecule has 6 rings (SSSR count). The highest BCUT2D eigenvalue weighted by Crippen LogP contribution is 2.46. The molecule has 8 nitrogen and oxygen atoms in total. The predicted octanol–water partition coefficient (Wildman–Crippen LogP) is 4.08. The summed E-state index contributed by atoms with van der Waals surface area (Å²) in [5.41, 5.74) is 6.93. The molecule has 4 aliphatic rings. The second-order valence-electron chi connectivity index (χ2n) is 12.6. The lowest BCUT2D eigenvalue weighted by Crippen LogP contribution is -2.58. The number of amides is 2. The quantitative estimate of drug-likeness (QED) is 0.431. The zero-order valence-electron chi connectivity index (χ0n) is 24.4. The van der Waals surface area contributed by atoms with E-state index in [-0.39, 0.29) is 23.3 Å². The molecule has 0 radical (unpaired) electrons. The topological polar surface area (TPSA) is 89.1 Å². The highest BCUT2D eigenvalue weighted by Gasteiger charge is 2.44. The molecular formula is C33H43ClN6O2. The van der Waals surface area contributed by atoms with Crippen LogP contribution >= 0.6 is 11.6 Å². The van der Waals surface area contributed by atoms with E-state index < -0.39 is 6.04 Å². The molecule has 3 aliphatic heterocycles. The summed E-state index contributed by atoms with van der Waals surface area (Å²) in [4.78, 5) is 34.1. The maximum absolute atomic E-state index is 14.1. The first kappa shape index (κ1) is 29.1. The molecule has 2 amide bonds. The van der Waals surface area contributed by atoms with Gasteiger partial charge in [0, 0.05) is 37.6 Å². The predicted molar refractivity (Wildman–Crippen MR) is 166 cm³/mol. The molecule has 2 aromatic rings. The van der Waals surface area contributed by atoms with Crippen LogP contribution in [0, 0.1) is 11.3 Å². The zero-order valence-corrected chi connectivity index (χ0v) is 25.1. The molecule has 0 spiro atoms. The zero-order chi connectivity index (χ0) is 28.9. The van der Waals surface area contributed by atoms with Crippen LogP contribution in [0.25, 0.3) is 0 Å². The lowest BCUT2D eigenvalue weighted by Gasteiger charge is -2.49. The summed E-state index contributed by atoms with van der Waals surface area (Å²) in [6.07, 6.45) is 11.4. The molecule has 224 valence electrons. The first-order valence-corrected chi connectivity index (χ1v) is 16.0. The second kappa shape index (κ2) is 13.1. The molecule has 42 heavy (non-hydrogen) atoms. The third-order valence-corrected chi connectivity index (χ3v) is 10.2. The molecule has 2 atom stereocenters. The van der Waals surface area contributed by atoms with E-state index in [4.69, 9.17) is 11.6 Å². The maximum atomic E-state index is 14.1. The molecular weight excluding hydrogens is 548 g/mol. The van der Waals surface area contributed by atoms with Gasteiger partial charge in [-0.3, -0.25) is 19.6 Å². The Morgan fingerprint density at radius 1 is 1.02 bits per heavy atom. The number of halogens is 1. The average Bonchev–Trinajstić information content (AvgIpc) is 3.55. The van der Waals surface area contributed by atoms with Gasteiger partial charge in [-0.1, -0.05) is 67.3 Å². The van der Waals surface area contributed by atoms with Gasteiger partial charge in [0.15, 0.2) is 0 Å². The number of nitrogens with zero attached hydrogens (tertiary/aromatic N) is 3. The molecule has 9 heteroatoms. The molecule has 1 aliphatic carbocycles. The summed E-state index contributed by atoms with van der Waals surface area (Å²) in [6.45, 7) is 3.64. The number of piperidine rings is 1. The Kier molecular flexibility index (Phi) is 9.12. The number of benzene rings is 2. The van der Waals surface area contributed by atoms with Crippen molar-refractivity contribution in [3.8, 4) is 0 Å². The Hall–Kier alpha value is -2.94. The van der Waals surface area contributed by atoms with E-state index in [1.54, 1.807) is 0 Å². The van der Waals surface area contributed by atoms with Crippen LogP contribution in [0.1, 0.15) is 61.6 Å². The van der Waals surface area contributed by atoms with Gasteiger partial charge in [0.2, 0.25) is 11.8 Å². The monoisotopic (exact) mass is 590 g/mol. The standard InChI is InChI=1S/C33H43ClN6O2/c34-28-12-10-24(11-13-28)18-30(38-31(41)29-19-25-6-4-5-7-26(25)20-36-29)32(42)39-16-14-33(15-17-39,21-40-23-35-22-37-40)27-8-2-1-3-9-27/h4-7,10-13,23,27,29-30,36-37H,1-3,8-9,14-22H2,(H,38,41). The molecule has 1 saturated carbocycles. The van der Waals surface area contributed by atoms with Gasteiger partial charge in [-0.05, 0) is 72.3 Å². The van der Waals surface area contributed by atoms with Crippen LogP contribution in [0.3, 0.4) is 0 Å². The van der Waals surface area contributed by atoms with Crippen LogP contribution < -0.4 is 16.1 Å². The fourth-order valence-corrected chi connectivity index (χ4v) is 7.65. The van der Waals surface area contributed by atoms with E-state index >= 15 is 0 Å². The van der Waals surface area contributed by atoms with E-state index in [1.807, 2.05) is 47.6 Å². The Labute approximate surface area is 254 Å². The van der Waals surface area contributed by atoms with E-state index in [1.165, 1.54) is 43.2 Å². The lowest BCUT2D eigenvalue weighted by atomic mass is 9.63. The van der Waals surface area contributed by atoms with Crippen molar-refractivity contribution in [2.75, 3.05) is 26.3 Å². The Bertz CT molecular complexity index is 1270. The minimum absolute atomic E-state index is 0.00705. The average molecular weight is 591 g/mol. The van der Waals surface area contributed by atoms with Gasteiger partial charge < -0.3 is 15.5 Å². The molecule has 3 heterocycles. The van der Waals surface area contributed by atoms with Crippen molar-refractivity contribution in [1.29, 1.82) is 0 Å². The smallest absolute Gasteiger partial charge is 0.245 e. The number of carbonyl (C=O) groups is 2. The fourth-order valence-electron chi connectivity index (χ4n) is 7.52. The van der Waals surface area contributed by atoms with E-state index in [0.717, 1.165) is 24.9 Å². The largest absolute Gasteiger partial charge is 0.343 e. The summed E-state index contributed by atoms with van der Waals surface area (Å²) < 4.78 is 0. The number of carbonyl (C=O) groups excluding carboxylic acids is 2. The van der Waals surface area contributed by atoms with Crippen molar-refractivity contribution in [2.45, 2.75) is 76.4 Å². The summed E-state index contributed by atoms with van der Waals surface area (Å²) >= 11 is 6.14. The van der Waals surface area contributed by atoms with Gasteiger partial charge >= 0.3 is 0 Å². The number of hydrazine groups is 1. The summed E-state index contributed by atoms with van der Waals surface area (Å²) in [5, 5.41) is 9.35. The number of nitrogens with one attached hydrogen (secondary N) is 3. The Balaban J connectivity index is 1.16. The van der Waals surface area contributed by atoms with Gasteiger partial charge in [-0.2, -0.15) is 0 Å². The van der Waals surface area contributed by atoms with Crippen LogP contribution in [0.2, 0.25) is 5.02 Å². The van der Waals surface area contributed by atoms with Crippen molar-refractivity contribution in [3.05, 3.63) is 70.2 Å². The van der Waals surface area contributed by atoms with Gasteiger partial charge in [0.25, 0.3) is 0 Å². The Morgan fingerprint density at radius 3 is 2.48 bits per heavy atom. The van der Waals surface area contributed by atoms with Crippen molar-refractivity contribution >= 4 is 29.8 Å². The summed E-state index contributed by atoms with van der Waals surface area (Å²) in [7, 11) is 0. The van der Waals surface area contributed by atoms with Crippen LogP contribution in [0.5, 0.6) is 0 Å². The molecule has 1 saturated heterocycles. The van der Waals surface area contributed by atoms with E-state index in [0.29, 0.717) is 50.1 Å². The number of fused-ring (bicyclic) bond motifs is 1. The molecule has 0 aromatic heterocycles. The number of aliphatic imine (C=N–C) groups is 1. The summed E-state index contributed by atoms with van der Waals surface area (Å²) in [5.74, 6) is 0.557. The van der Waals surface area contributed by atoms with E-state index in [9.17, 15) is 9.59 Å². The van der Waals surface area contributed by atoms with Crippen molar-refractivity contribution in [1.82, 2.24) is 26.0 Å². The minimum atomic E-state index is -0.632.